The second-order valence-electron chi connectivity index (χ2n) is 9.81. The summed E-state index contributed by atoms with van der Waals surface area (Å²) < 4.78 is 6.56. The van der Waals surface area contributed by atoms with Gasteiger partial charge in [0.05, 0.1) is 0 Å². The second-order valence-corrected chi connectivity index (χ2v) is 10.9. The minimum absolute atomic E-state index is 0.109. The number of esters is 1. The summed E-state index contributed by atoms with van der Waals surface area (Å²) in [4.78, 5) is 54.9. The molecule has 3 aromatic rings. The standard InChI is InChI=1S/C31H26N2O5S/c1-20-19-39-29-27(32-24(34)17-18-25(32)35)28(36)33(29)26(20)30(37)38-31(21-11-5-2-6-12-21,22-13-7-3-8-14-22)23-15-9-4-10-16-23/h2-16,27,29H,17-19H2,1H3/t27?,29-/m1/s1. The number of benzene rings is 3. The van der Waals surface area contributed by atoms with Crippen molar-refractivity contribution in [1.82, 2.24) is 9.80 Å². The van der Waals surface area contributed by atoms with Gasteiger partial charge in [-0.15, -0.1) is 11.8 Å². The molecule has 3 amide bonds. The molecule has 6 rings (SSSR count). The predicted molar refractivity (Wildman–Crippen MR) is 146 cm³/mol. The number of carbonyl (C=O) groups excluding carboxylic acids is 4. The zero-order valence-corrected chi connectivity index (χ0v) is 22.1. The Morgan fingerprint density at radius 1 is 0.769 bits per heavy atom. The molecule has 196 valence electrons. The second kappa shape index (κ2) is 9.85. The molecular weight excluding hydrogens is 512 g/mol. The van der Waals surface area contributed by atoms with Gasteiger partial charge in [-0.2, -0.15) is 0 Å². The van der Waals surface area contributed by atoms with E-state index in [4.69, 9.17) is 4.74 Å². The molecule has 3 aromatic carbocycles. The van der Waals surface area contributed by atoms with Crippen LogP contribution in [0.3, 0.4) is 0 Å². The lowest BCUT2D eigenvalue weighted by atomic mass is 9.80. The highest BCUT2D eigenvalue weighted by atomic mass is 32.2. The molecule has 0 spiro atoms. The highest BCUT2D eigenvalue weighted by molar-refractivity contribution is 8.00. The Morgan fingerprint density at radius 3 is 1.69 bits per heavy atom. The van der Waals surface area contributed by atoms with Crippen LogP contribution in [0.2, 0.25) is 0 Å². The van der Waals surface area contributed by atoms with E-state index >= 15 is 0 Å². The fraction of sp³-hybridized carbons (Fsp3) is 0.226. The Morgan fingerprint density at radius 2 is 1.23 bits per heavy atom. The molecule has 1 unspecified atom stereocenters. The van der Waals surface area contributed by atoms with Crippen LogP contribution in [-0.2, 0) is 29.5 Å². The van der Waals surface area contributed by atoms with E-state index in [1.165, 1.54) is 16.7 Å². The number of fused-ring (bicyclic) bond motifs is 1. The molecular formula is C31H26N2O5S. The smallest absolute Gasteiger partial charge is 0.356 e. The van der Waals surface area contributed by atoms with Crippen LogP contribution >= 0.6 is 11.8 Å². The van der Waals surface area contributed by atoms with E-state index < -0.39 is 28.9 Å². The van der Waals surface area contributed by atoms with Gasteiger partial charge in [-0.25, -0.2) is 4.79 Å². The number of hydrogen-bond donors (Lipinski definition) is 0. The van der Waals surface area contributed by atoms with E-state index in [2.05, 4.69) is 0 Å². The van der Waals surface area contributed by atoms with Crippen molar-refractivity contribution in [1.29, 1.82) is 0 Å². The minimum atomic E-state index is -1.29. The number of imide groups is 1. The van der Waals surface area contributed by atoms with Gasteiger partial charge in [0.2, 0.25) is 11.8 Å². The van der Waals surface area contributed by atoms with Gasteiger partial charge >= 0.3 is 5.97 Å². The van der Waals surface area contributed by atoms with Crippen molar-refractivity contribution in [3.8, 4) is 0 Å². The van der Waals surface area contributed by atoms with E-state index in [1.807, 2.05) is 97.9 Å². The molecule has 7 nitrogen and oxygen atoms in total. The van der Waals surface area contributed by atoms with Crippen molar-refractivity contribution < 1.29 is 23.9 Å². The van der Waals surface area contributed by atoms with Crippen molar-refractivity contribution >= 4 is 35.5 Å². The summed E-state index contributed by atoms with van der Waals surface area (Å²) in [6, 6.07) is 27.7. The predicted octanol–water partition coefficient (Wildman–Crippen LogP) is 4.23. The summed E-state index contributed by atoms with van der Waals surface area (Å²) in [5.41, 5.74) is 1.87. The van der Waals surface area contributed by atoms with Gasteiger partial charge in [0.25, 0.3) is 5.91 Å². The Bertz CT molecular complexity index is 1380. The van der Waals surface area contributed by atoms with E-state index in [0.29, 0.717) is 11.3 Å². The Balaban J connectivity index is 1.42. The lowest BCUT2D eigenvalue weighted by Crippen LogP contribution is -2.71. The van der Waals surface area contributed by atoms with Crippen LogP contribution < -0.4 is 0 Å². The molecule has 2 saturated heterocycles. The number of nitrogens with zero attached hydrogens (tertiary/aromatic N) is 2. The molecule has 3 aliphatic rings. The van der Waals surface area contributed by atoms with Crippen LogP contribution in [-0.4, -0.2) is 50.7 Å². The van der Waals surface area contributed by atoms with Crippen LogP contribution in [0, 0.1) is 0 Å². The average Bonchev–Trinajstić information content (AvgIpc) is 3.30. The molecule has 8 heteroatoms. The fourth-order valence-electron chi connectivity index (χ4n) is 5.63. The molecule has 2 fully saturated rings. The normalized spacial score (nSPS) is 21.1. The van der Waals surface area contributed by atoms with Crippen LogP contribution in [0.5, 0.6) is 0 Å². The summed E-state index contributed by atoms with van der Waals surface area (Å²) in [6.07, 6.45) is 0.217. The Labute approximate surface area is 230 Å². The molecule has 3 heterocycles. The monoisotopic (exact) mass is 538 g/mol. The number of thioether (sulfide) groups is 1. The fourth-order valence-corrected chi connectivity index (χ4v) is 6.97. The van der Waals surface area contributed by atoms with E-state index in [-0.39, 0.29) is 30.4 Å². The maximum Gasteiger partial charge on any atom is 0.356 e. The van der Waals surface area contributed by atoms with E-state index in [0.717, 1.165) is 21.6 Å². The summed E-state index contributed by atoms with van der Waals surface area (Å²) in [6.45, 7) is 1.81. The maximum absolute atomic E-state index is 14.2. The number of β-lactam (4-membered cyclic amide) rings is 1. The molecule has 0 bridgehead atoms. The largest absolute Gasteiger partial charge is 0.440 e. The van der Waals surface area contributed by atoms with Crippen molar-refractivity contribution in [3.63, 3.8) is 0 Å². The lowest BCUT2D eigenvalue weighted by molar-refractivity contribution is -0.165. The molecule has 0 N–H and O–H groups in total. The van der Waals surface area contributed by atoms with Crippen LogP contribution in [0.4, 0.5) is 0 Å². The molecule has 0 saturated carbocycles. The first-order chi connectivity index (χ1) is 18.9. The molecule has 3 aliphatic heterocycles. The van der Waals surface area contributed by atoms with E-state index in [1.54, 1.807) is 0 Å². The quantitative estimate of drug-likeness (QED) is 0.202. The first kappa shape index (κ1) is 25.1. The van der Waals surface area contributed by atoms with Crippen molar-refractivity contribution in [2.45, 2.75) is 36.8 Å². The third-order valence-corrected chi connectivity index (χ3v) is 8.89. The van der Waals surface area contributed by atoms with Crippen molar-refractivity contribution in [2.24, 2.45) is 0 Å². The molecule has 0 aromatic heterocycles. The third-order valence-electron chi connectivity index (χ3n) is 7.48. The summed E-state index contributed by atoms with van der Waals surface area (Å²) in [5, 5.41) is -0.519. The molecule has 39 heavy (non-hydrogen) atoms. The lowest BCUT2D eigenvalue weighted by Gasteiger charge is -2.52. The van der Waals surface area contributed by atoms with Crippen LogP contribution in [0.25, 0.3) is 0 Å². The molecule has 0 aliphatic carbocycles. The maximum atomic E-state index is 14.2. The van der Waals surface area contributed by atoms with E-state index in [9.17, 15) is 19.2 Å². The first-order valence-electron chi connectivity index (χ1n) is 12.8. The average molecular weight is 539 g/mol. The SMILES string of the molecule is CC1=C(C(=O)OC(c2ccccc2)(c2ccccc2)c2ccccc2)N2C(=O)C(N3C(=O)CCC3=O)[C@H]2SC1. The first-order valence-corrected chi connectivity index (χ1v) is 13.9. The summed E-state index contributed by atoms with van der Waals surface area (Å²) in [7, 11) is 0. The third kappa shape index (κ3) is 3.98. The van der Waals surface area contributed by atoms with Gasteiger partial charge in [0, 0.05) is 35.3 Å². The Hall–Kier alpha value is -4.17. The highest BCUT2D eigenvalue weighted by Gasteiger charge is 2.59. The number of rotatable bonds is 6. The van der Waals surface area contributed by atoms with Gasteiger partial charge in [-0.3, -0.25) is 24.2 Å². The number of hydrogen-bond acceptors (Lipinski definition) is 6. The summed E-state index contributed by atoms with van der Waals surface area (Å²) >= 11 is 1.45. The Kier molecular flexibility index (Phi) is 6.35. The van der Waals surface area contributed by atoms with Gasteiger partial charge in [0.15, 0.2) is 5.60 Å². The van der Waals surface area contributed by atoms with Gasteiger partial charge < -0.3 is 4.74 Å². The topological polar surface area (TPSA) is 84.0 Å². The minimum Gasteiger partial charge on any atom is -0.440 e. The number of likely N-dealkylation sites (tertiary alicyclic amines) is 1. The van der Waals surface area contributed by atoms with Gasteiger partial charge in [0.1, 0.15) is 17.1 Å². The zero-order valence-electron chi connectivity index (χ0n) is 21.3. The van der Waals surface area contributed by atoms with Gasteiger partial charge in [-0.05, 0) is 12.5 Å². The molecule has 0 radical (unpaired) electrons. The van der Waals surface area contributed by atoms with Crippen molar-refractivity contribution in [2.75, 3.05) is 5.75 Å². The number of amides is 3. The van der Waals surface area contributed by atoms with Crippen LogP contribution in [0.15, 0.2) is 102 Å². The zero-order chi connectivity index (χ0) is 27.1. The van der Waals surface area contributed by atoms with Gasteiger partial charge in [-0.1, -0.05) is 91.0 Å². The number of ether oxygens (including phenoxy) is 1. The summed E-state index contributed by atoms with van der Waals surface area (Å²) in [5.74, 6) is -1.29. The highest BCUT2D eigenvalue weighted by Crippen LogP contribution is 2.46. The van der Waals surface area contributed by atoms with Crippen LogP contribution in [0.1, 0.15) is 36.5 Å². The number of carbonyl (C=O) groups is 4. The van der Waals surface area contributed by atoms with Crippen molar-refractivity contribution in [3.05, 3.63) is 119 Å². The molecule has 2 atom stereocenters.